The normalized spacial score (nSPS) is 13.7. The van der Waals surface area contributed by atoms with Crippen molar-refractivity contribution in [3.63, 3.8) is 0 Å². The van der Waals surface area contributed by atoms with Gasteiger partial charge in [0, 0.05) is 13.0 Å². The molecule has 0 aromatic heterocycles. The van der Waals surface area contributed by atoms with Crippen LogP contribution in [0.5, 0.6) is 0 Å². The summed E-state index contributed by atoms with van der Waals surface area (Å²) in [4.78, 5) is 24.4. The molecule has 0 saturated carbocycles. The summed E-state index contributed by atoms with van der Waals surface area (Å²) in [5.74, 6) is -1.28. The van der Waals surface area contributed by atoms with Gasteiger partial charge >= 0.3 is 0 Å². The number of amides is 2. The number of carbonyl (C=O) groups excluding carboxylic acids is 2. The Labute approximate surface area is 152 Å². The van der Waals surface area contributed by atoms with E-state index in [1.165, 1.54) is 0 Å². The van der Waals surface area contributed by atoms with Crippen LogP contribution in [0.3, 0.4) is 0 Å². The minimum absolute atomic E-state index is 0.150. The highest BCUT2D eigenvalue weighted by Crippen LogP contribution is 2.46. The summed E-state index contributed by atoms with van der Waals surface area (Å²) >= 11 is 0. The predicted molar refractivity (Wildman–Crippen MR) is 97.5 cm³/mol. The maximum atomic E-state index is 12.2. The van der Waals surface area contributed by atoms with E-state index in [4.69, 9.17) is 15.2 Å². The van der Waals surface area contributed by atoms with Crippen LogP contribution in [0.2, 0.25) is 0 Å². The van der Waals surface area contributed by atoms with Crippen molar-refractivity contribution >= 4 is 11.8 Å². The Morgan fingerprint density at radius 3 is 2.15 bits per heavy atom. The maximum absolute atomic E-state index is 12.2. The molecule has 2 amide bonds. The number of methoxy groups -OCH3 is 1. The van der Waals surface area contributed by atoms with Crippen LogP contribution >= 0.6 is 0 Å². The number of nitrogens with one attached hydrogen (secondary N) is 1. The van der Waals surface area contributed by atoms with Gasteiger partial charge in [-0.25, -0.2) is 0 Å². The summed E-state index contributed by atoms with van der Waals surface area (Å²) < 4.78 is 10.1. The maximum Gasteiger partial charge on any atom is 0.246 e. The topological polar surface area (TPSA) is 90.7 Å². The van der Waals surface area contributed by atoms with Gasteiger partial charge in [-0.2, -0.15) is 0 Å². The fraction of sp³-hybridized carbons (Fsp3) is 0.300. The second-order valence-electron chi connectivity index (χ2n) is 6.15. The average molecular weight is 354 g/mol. The SMILES string of the molecule is COCCOCC(=O)N[C@@H](C(N)=O)C1c2ccccc2-c2ccccc21. The van der Waals surface area contributed by atoms with Crippen LogP contribution in [-0.2, 0) is 19.1 Å². The van der Waals surface area contributed by atoms with Crippen LogP contribution in [0.15, 0.2) is 48.5 Å². The first-order valence-electron chi connectivity index (χ1n) is 8.47. The molecule has 6 nitrogen and oxygen atoms in total. The molecule has 0 heterocycles. The number of benzene rings is 2. The van der Waals surface area contributed by atoms with E-state index >= 15 is 0 Å². The molecule has 0 fully saturated rings. The summed E-state index contributed by atoms with van der Waals surface area (Å²) in [7, 11) is 1.56. The van der Waals surface area contributed by atoms with Gasteiger partial charge in [0.05, 0.1) is 13.2 Å². The van der Waals surface area contributed by atoms with E-state index < -0.39 is 11.9 Å². The fourth-order valence-corrected chi connectivity index (χ4v) is 3.39. The Morgan fingerprint density at radius 1 is 1.04 bits per heavy atom. The number of rotatable bonds is 8. The molecule has 0 unspecified atom stereocenters. The second kappa shape index (κ2) is 8.12. The zero-order chi connectivity index (χ0) is 18.5. The van der Waals surface area contributed by atoms with Crippen molar-refractivity contribution in [3.8, 4) is 11.1 Å². The van der Waals surface area contributed by atoms with Gasteiger partial charge < -0.3 is 20.5 Å². The summed E-state index contributed by atoms with van der Waals surface area (Å²) in [5.41, 5.74) is 9.73. The van der Waals surface area contributed by atoms with Crippen LogP contribution < -0.4 is 11.1 Å². The number of hydrogen-bond donors (Lipinski definition) is 2. The molecular formula is C20H22N2O4. The second-order valence-corrected chi connectivity index (χ2v) is 6.15. The molecule has 0 aliphatic heterocycles. The third-order valence-electron chi connectivity index (χ3n) is 4.50. The molecule has 1 aliphatic rings. The van der Waals surface area contributed by atoms with Crippen molar-refractivity contribution in [1.82, 2.24) is 5.32 Å². The Morgan fingerprint density at radius 2 is 1.62 bits per heavy atom. The van der Waals surface area contributed by atoms with Gasteiger partial charge in [-0.15, -0.1) is 0 Å². The Hall–Kier alpha value is -2.70. The largest absolute Gasteiger partial charge is 0.382 e. The predicted octanol–water partition coefficient (Wildman–Crippen LogP) is 1.43. The number of ether oxygens (including phenoxy) is 2. The van der Waals surface area contributed by atoms with Crippen LogP contribution in [-0.4, -0.2) is 44.8 Å². The van der Waals surface area contributed by atoms with Gasteiger partial charge in [0.2, 0.25) is 11.8 Å². The summed E-state index contributed by atoms with van der Waals surface area (Å²) in [5, 5.41) is 2.74. The summed E-state index contributed by atoms with van der Waals surface area (Å²) in [6.45, 7) is 0.555. The average Bonchev–Trinajstić information content (AvgIpc) is 2.98. The minimum Gasteiger partial charge on any atom is -0.382 e. The number of fused-ring (bicyclic) bond motifs is 3. The summed E-state index contributed by atoms with van der Waals surface area (Å²) in [6.07, 6.45) is 0. The molecule has 1 atom stereocenters. The lowest BCUT2D eigenvalue weighted by molar-refractivity contribution is -0.130. The molecule has 26 heavy (non-hydrogen) atoms. The van der Waals surface area contributed by atoms with Crippen LogP contribution in [0.1, 0.15) is 17.0 Å². The quantitative estimate of drug-likeness (QED) is 0.702. The van der Waals surface area contributed by atoms with Crippen molar-refractivity contribution in [2.24, 2.45) is 5.73 Å². The standard InChI is InChI=1S/C20H22N2O4/c1-25-10-11-26-12-17(23)22-19(20(21)24)18-15-8-4-2-6-13(15)14-7-3-5-9-16(14)18/h2-9,18-19H,10-12H2,1H3,(H2,21,24)(H,22,23)/t19-/m1/s1. The van der Waals surface area contributed by atoms with Gasteiger partial charge in [-0.3, -0.25) is 9.59 Å². The summed E-state index contributed by atoms with van der Waals surface area (Å²) in [6, 6.07) is 14.9. The number of carbonyl (C=O) groups is 2. The molecule has 0 bridgehead atoms. The van der Waals surface area contributed by atoms with E-state index in [9.17, 15) is 9.59 Å². The molecule has 3 rings (SSSR count). The third-order valence-corrected chi connectivity index (χ3v) is 4.50. The molecule has 6 heteroatoms. The molecule has 3 N–H and O–H groups in total. The molecule has 136 valence electrons. The van der Waals surface area contributed by atoms with Gasteiger partial charge in [-0.05, 0) is 22.3 Å². The van der Waals surface area contributed by atoms with Crippen molar-refractivity contribution < 1.29 is 19.1 Å². The van der Waals surface area contributed by atoms with Crippen molar-refractivity contribution in [2.75, 3.05) is 26.9 Å². The zero-order valence-corrected chi connectivity index (χ0v) is 14.6. The molecule has 0 spiro atoms. The minimum atomic E-state index is -0.849. The first-order valence-corrected chi connectivity index (χ1v) is 8.47. The highest BCUT2D eigenvalue weighted by molar-refractivity contribution is 5.91. The highest BCUT2D eigenvalue weighted by atomic mass is 16.5. The van der Waals surface area contributed by atoms with Crippen LogP contribution in [0, 0.1) is 0 Å². The molecular weight excluding hydrogens is 332 g/mol. The first kappa shape index (κ1) is 18.1. The molecule has 1 aliphatic carbocycles. The molecule has 2 aromatic carbocycles. The van der Waals surface area contributed by atoms with Gasteiger partial charge in [0.25, 0.3) is 0 Å². The van der Waals surface area contributed by atoms with Crippen LogP contribution in [0.4, 0.5) is 0 Å². The lowest BCUT2D eigenvalue weighted by Crippen LogP contribution is -2.49. The number of hydrogen-bond acceptors (Lipinski definition) is 4. The lowest BCUT2D eigenvalue weighted by atomic mass is 9.89. The smallest absolute Gasteiger partial charge is 0.246 e. The van der Waals surface area contributed by atoms with E-state index in [1.54, 1.807) is 7.11 Å². The van der Waals surface area contributed by atoms with Crippen molar-refractivity contribution in [1.29, 1.82) is 0 Å². The number of nitrogens with two attached hydrogens (primary N) is 1. The van der Waals surface area contributed by atoms with E-state index in [2.05, 4.69) is 5.32 Å². The van der Waals surface area contributed by atoms with Crippen molar-refractivity contribution in [2.45, 2.75) is 12.0 Å². The molecule has 0 saturated heterocycles. The lowest BCUT2D eigenvalue weighted by Gasteiger charge is -2.24. The number of primary amides is 1. The highest BCUT2D eigenvalue weighted by Gasteiger charge is 2.37. The van der Waals surface area contributed by atoms with E-state index in [0.717, 1.165) is 22.3 Å². The Kier molecular flexibility index (Phi) is 5.65. The van der Waals surface area contributed by atoms with Gasteiger partial charge in [0.15, 0.2) is 0 Å². The Balaban J connectivity index is 1.84. The molecule has 0 radical (unpaired) electrons. The third kappa shape index (κ3) is 3.61. The molecule has 2 aromatic rings. The van der Waals surface area contributed by atoms with Gasteiger partial charge in [0.1, 0.15) is 12.6 Å². The van der Waals surface area contributed by atoms with E-state index in [-0.39, 0.29) is 18.4 Å². The van der Waals surface area contributed by atoms with Crippen molar-refractivity contribution in [3.05, 3.63) is 59.7 Å². The van der Waals surface area contributed by atoms with E-state index in [0.29, 0.717) is 13.2 Å². The fourth-order valence-electron chi connectivity index (χ4n) is 3.39. The van der Waals surface area contributed by atoms with Crippen LogP contribution in [0.25, 0.3) is 11.1 Å². The van der Waals surface area contributed by atoms with Gasteiger partial charge in [-0.1, -0.05) is 48.5 Å². The monoisotopic (exact) mass is 354 g/mol. The Bertz CT molecular complexity index is 760. The zero-order valence-electron chi connectivity index (χ0n) is 14.6. The first-order chi connectivity index (χ1) is 12.6. The van der Waals surface area contributed by atoms with E-state index in [1.807, 2.05) is 48.5 Å².